The second-order valence-corrected chi connectivity index (χ2v) is 7.12. The molecule has 0 spiro atoms. The van der Waals surface area contributed by atoms with Gasteiger partial charge in [0.2, 0.25) is 11.6 Å². The van der Waals surface area contributed by atoms with Crippen molar-refractivity contribution in [2.24, 2.45) is 0 Å². The van der Waals surface area contributed by atoms with E-state index in [9.17, 15) is 27.6 Å². The number of carbonyl (C=O) groups excluding carboxylic acids is 3. The first-order chi connectivity index (χ1) is 15.0. The fourth-order valence-electron chi connectivity index (χ4n) is 3.48. The largest absolute Gasteiger partial charge is 0.465 e. The molecule has 2 heterocycles. The number of halogens is 3. The van der Waals surface area contributed by atoms with Gasteiger partial charge in [0.1, 0.15) is 6.54 Å². The van der Waals surface area contributed by atoms with E-state index in [-0.39, 0.29) is 22.3 Å². The molecule has 0 saturated heterocycles. The molecule has 0 amide bonds. The smallest absolute Gasteiger partial charge is 0.449 e. The summed E-state index contributed by atoms with van der Waals surface area (Å²) in [4.78, 5) is 43.4. The number of esters is 2. The highest BCUT2D eigenvalue weighted by atomic mass is 19.4. The Kier molecular flexibility index (Phi) is 6.11. The predicted molar refractivity (Wildman–Crippen MR) is 106 cm³/mol. The number of Topliss-reactive ketones (excluding diaryl/α,β-unsaturated/α-hetero) is 1. The number of aryl methyl sites for hydroxylation is 1. The Morgan fingerprint density at radius 1 is 1.19 bits per heavy atom. The van der Waals surface area contributed by atoms with E-state index in [2.05, 4.69) is 9.97 Å². The molecule has 3 aromatic rings. The van der Waals surface area contributed by atoms with Crippen LogP contribution in [-0.4, -0.2) is 45.5 Å². The van der Waals surface area contributed by atoms with Crippen molar-refractivity contribution in [2.75, 3.05) is 7.11 Å². The third kappa shape index (κ3) is 4.23. The molecule has 1 aromatic carbocycles. The predicted octanol–water partition coefficient (Wildman–Crippen LogP) is 3.60. The number of ether oxygens (including phenoxy) is 2. The molecule has 2 aromatic heterocycles. The van der Waals surface area contributed by atoms with Crippen LogP contribution in [0.2, 0.25) is 0 Å². The zero-order chi connectivity index (χ0) is 23.8. The Hall–Kier alpha value is -3.63. The summed E-state index contributed by atoms with van der Waals surface area (Å²) in [5.74, 6) is -3.56. The van der Waals surface area contributed by atoms with E-state index in [0.717, 1.165) is 0 Å². The lowest BCUT2D eigenvalue weighted by atomic mass is 10.1. The average Bonchev–Trinajstić information content (AvgIpc) is 3.24. The van der Waals surface area contributed by atoms with E-state index in [1.54, 1.807) is 6.92 Å². The summed E-state index contributed by atoms with van der Waals surface area (Å²) >= 11 is 0. The lowest BCUT2D eigenvalue weighted by molar-refractivity contribution is -0.152. The number of rotatable bonds is 6. The number of hydrogen-bond acceptors (Lipinski definition) is 6. The number of nitrogens with zero attached hydrogens (tertiary/aromatic N) is 2. The second-order valence-electron chi connectivity index (χ2n) is 7.12. The molecule has 0 bridgehead atoms. The minimum Gasteiger partial charge on any atom is -0.465 e. The minimum atomic E-state index is -4.79. The quantitative estimate of drug-likeness (QED) is 0.454. The molecule has 0 saturated carbocycles. The van der Waals surface area contributed by atoms with Crippen LogP contribution in [0.4, 0.5) is 13.2 Å². The molecule has 0 fully saturated rings. The van der Waals surface area contributed by atoms with Gasteiger partial charge in [-0.3, -0.25) is 9.59 Å². The number of hydrogen-bond donors (Lipinski definition) is 1. The van der Waals surface area contributed by atoms with Crippen LogP contribution >= 0.6 is 0 Å². The molecule has 8 nitrogen and oxygen atoms in total. The average molecular weight is 451 g/mol. The third-order valence-corrected chi connectivity index (χ3v) is 4.95. The zero-order valence-corrected chi connectivity index (χ0v) is 17.7. The standard InChI is InChI=1S/C21H20F3N3O5/c1-10-16(19(30)31-4)11(2)25-17(10)18(29)12(3)32-15(28)9-27-14-8-6-5-7-13(14)26-20(27)21(22,23)24/h5-8,12,25H,9H2,1-4H3/t12-/m0/s1. The number of aromatic amines is 1. The highest BCUT2D eigenvalue weighted by Crippen LogP contribution is 2.31. The van der Waals surface area contributed by atoms with Gasteiger partial charge in [0.25, 0.3) is 0 Å². The van der Waals surface area contributed by atoms with Gasteiger partial charge < -0.3 is 19.0 Å². The van der Waals surface area contributed by atoms with E-state index in [1.807, 2.05) is 0 Å². The van der Waals surface area contributed by atoms with Crippen molar-refractivity contribution in [3.8, 4) is 0 Å². The van der Waals surface area contributed by atoms with Crippen LogP contribution in [0.15, 0.2) is 24.3 Å². The highest BCUT2D eigenvalue weighted by Gasteiger charge is 2.38. The van der Waals surface area contributed by atoms with Crippen molar-refractivity contribution in [1.29, 1.82) is 0 Å². The first-order valence-electron chi connectivity index (χ1n) is 9.49. The van der Waals surface area contributed by atoms with E-state index in [0.29, 0.717) is 15.8 Å². The molecule has 11 heteroatoms. The van der Waals surface area contributed by atoms with Crippen molar-refractivity contribution in [1.82, 2.24) is 14.5 Å². The van der Waals surface area contributed by atoms with Gasteiger partial charge in [-0.05, 0) is 38.5 Å². The maximum absolute atomic E-state index is 13.4. The summed E-state index contributed by atoms with van der Waals surface area (Å²) in [5.41, 5.74) is 1.14. The molecule has 32 heavy (non-hydrogen) atoms. The Labute approximate surface area is 180 Å². The lowest BCUT2D eigenvalue weighted by Crippen LogP contribution is -2.28. The van der Waals surface area contributed by atoms with Crippen molar-refractivity contribution >= 4 is 28.8 Å². The lowest BCUT2D eigenvalue weighted by Gasteiger charge is -2.14. The van der Waals surface area contributed by atoms with Crippen molar-refractivity contribution in [3.05, 3.63) is 52.6 Å². The maximum atomic E-state index is 13.4. The molecule has 1 atom stereocenters. The fourth-order valence-corrected chi connectivity index (χ4v) is 3.48. The Morgan fingerprint density at radius 2 is 1.84 bits per heavy atom. The number of benzene rings is 1. The number of para-hydroxylation sites is 2. The number of nitrogens with one attached hydrogen (secondary N) is 1. The topological polar surface area (TPSA) is 103 Å². The van der Waals surface area contributed by atoms with Crippen molar-refractivity contribution < 1.29 is 37.0 Å². The van der Waals surface area contributed by atoms with Crippen LogP contribution in [0.5, 0.6) is 0 Å². The Balaban J connectivity index is 1.82. The van der Waals surface area contributed by atoms with Crippen LogP contribution < -0.4 is 0 Å². The molecule has 170 valence electrons. The summed E-state index contributed by atoms with van der Waals surface area (Å²) in [7, 11) is 1.20. The van der Waals surface area contributed by atoms with E-state index < -0.39 is 42.4 Å². The fraction of sp³-hybridized carbons (Fsp3) is 0.333. The number of imidazole rings is 1. The number of alkyl halides is 3. The zero-order valence-electron chi connectivity index (χ0n) is 17.7. The van der Waals surface area contributed by atoms with Gasteiger partial charge in [-0.1, -0.05) is 12.1 Å². The van der Waals surface area contributed by atoms with Gasteiger partial charge in [0.05, 0.1) is 29.4 Å². The van der Waals surface area contributed by atoms with Crippen LogP contribution in [0.3, 0.4) is 0 Å². The molecular formula is C21H20F3N3O5. The van der Waals surface area contributed by atoms with E-state index in [4.69, 9.17) is 9.47 Å². The number of methoxy groups -OCH3 is 1. The molecule has 0 unspecified atom stereocenters. The van der Waals surface area contributed by atoms with E-state index in [1.165, 1.54) is 45.2 Å². The molecule has 0 aliphatic rings. The van der Waals surface area contributed by atoms with Crippen LogP contribution in [0, 0.1) is 13.8 Å². The van der Waals surface area contributed by atoms with Crippen molar-refractivity contribution in [3.63, 3.8) is 0 Å². The summed E-state index contributed by atoms with van der Waals surface area (Å²) in [5, 5.41) is 0. The molecule has 3 rings (SSSR count). The number of H-pyrrole nitrogens is 1. The van der Waals surface area contributed by atoms with Gasteiger partial charge in [-0.25, -0.2) is 9.78 Å². The number of ketones is 1. The first-order valence-corrected chi connectivity index (χ1v) is 9.49. The van der Waals surface area contributed by atoms with Gasteiger partial charge in [0, 0.05) is 5.69 Å². The van der Waals surface area contributed by atoms with E-state index >= 15 is 0 Å². The molecular weight excluding hydrogens is 431 g/mol. The minimum absolute atomic E-state index is 0.0484. The molecule has 0 aliphatic carbocycles. The summed E-state index contributed by atoms with van der Waals surface area (Å²) in [6, 6.07) is 5.85. The summed E-state index contributed by atoms with van der Waals surface area (Å²) in [6.07, 6.45) is -6.10. The van der Waals surface area contributed by atoms with Gasteiger partial charge in [-0.15, -0.1) is 0 Å². The maximum Gasteiger partial charge on any atom is 0.449 e. The number of carbonyl (C=O) groups is 3. The second kappa shape index (κ2) is 8.48. The molecule has 1 N–H and O–H groups in total. The summed E-state index contributed by atoms with van der Waals surface area (Å²) in [6.45, 7) is 3.62. The van der Waals surface area contributed by atoms with Crippen LogP contribution in [0.1, 0.15) is 44.9 Å². The van der Waals surface area contributed by atoms with Crippen LogP contribution in [0.25, 0.3) is 11.0 Å². The van der Waals surface area contributed by atoms with Crippen LogP contribution in [-0.2, 0) is 27.0 Å². The highest BCUT2D eigenvalue weighted by molar-refractivity contribution is 6.04. The van der Waals surface area contributed by atoms with Crippen molar-refractivity contribution in [2.45, 2.75) is 39.6 Å². The van der Waals surface area contributed by atoms with Gasteiger partial charge in [-0.2, -0.15) is 13.2 Å². The van der Waals surface area contributed by atoms with Gasteiger partial charge in [0.15, 0.2) is 6.10 Å². The third-order valence-electron chi connectivity index (χ3n) is 4.95. The monoisotopic (exact) mass is 451 g/mol. The Morgan fingerprint density at radius 3 is 2.47 bits per heavy atom. The normalized spacial score (nSPS) is 12.6. The van der Waals surface area contributed by atoms with Gasteiger partial charge >= 0.3 is 18.1 Å². The molecule has 0 radical (unpaired) electrons. The molecule has 0 aliphatic heterocycles. The summed E-state index contributed by atoms with van der Waals surface area (Å²) < 4.78 is 50.7. The number of aromatic nitrogens is 3. The first kappa shape index (κ1) is 23.0. The Bertz CT molecular complexity index is 1210. The number of fused-ring (bicyclic) bond motifs is 1. The SMILES string of the molecule is COC(=O)c1c(C)[nH]c(C(=O)[C@H](C)OC(=O)Cn2c(C(F)(F)F)nc3ccccc32)c1C.